The standard InChI is InChI=1S/C14H18N4S2/c1-9-7-10(2)16-13(15-9)19-5-6-20-14-17-11(3)8-12(4)18-14/h7-8H,5-6H2,1-4H3. The smallest absolute Gasteiger partial charge is 0.188 e. The number of aryl methyl sites for hydroxylation is 4. The molecule has 0 aliphatic carbocycles. The van der Waals surface area contributed by atoms with Crippen LogP contribution in [0.25, 0.3) is 0 Å². The van der Waals surface area contributed by atoms with Gasteiger partial charge in [0, 0.05) is 34.3 Å². The summed E-state index contributed by atoms with van der Waals surface area (Å²) in [7, 11) is 0. The van der Waals surface area contributed by atoms with Crippen molar-refractivity contribution >= 4 is 23.5 Å². The van der Waals surface area contributed by atoms with E-state index in [1.54, 1.807) is 23.5 Å². The van der Waals surface area contributed by atoms with Crippen LogP contribution in [0.4, 0.5) is 0 Å². The zero-order chi connectivity index (χ0) is 14.5. The molecule has 0 N–H and O–H groups in total. The zero-order valence-corrected chi connectivity index (χ0v) is 13.8. The maximum Gasteiger partial charge on any atom is 0.188 e. The molecule has 0 amide bonds. The predicted molar refractivity (Wildman–Crippen MR) is 84.5 cm³/mol. The van der Waals surface area contributed by atoms with Crippen molar-refractivity contribution in [1.82, 2.24) is 19.9 Å². The van der Waals surface area contributed by atoms with Crippen LogP contribution in [0.2, 0.25) is 0 Å². The molecule has 2 heterocycles. The second-order valence-corrected chi connectivity index (χ2v) is 6.69. The van der Waals surface area contributed by atoms with Crippen LogP contribution in [0.1, 0.15) is 22.8 Å². The second kappa shape index (κ2) is 7.04. The van der Waals surface area contributed by atoms with Gasteiger partial charge in [0.2, 0.25) is 0 Å². The molecule has 0 saturated heterocycles. The zero-order valence-electron chi connectivity index (χ0n) is 12.2. The predicted octanol–water partition coefficient (Wildman–Crippen LogP) is 3.38. The molecule has 0 aliphatic heterocycles. The first-order valence-electron chi connectivity index (χ1n) is 6.43. The Morgan fingerprint density at radius 1 is 0.650 bits per heavy atom. The van der Waals surface area contributed by atoms with E-state index in [1.165, 1.54) is 0 Å². The molecule has 20 heavy (non-hydrogen) atoms. The molecule has 0 unspecified atom stereocenters. The molecule has 0 aliphatic rings. The third-order valence-corrected chi connectivity index (χ3v) is 4.43. The van der Waals surface area contributed by atoms with Crippen LogP contribution in [0.5, 0.6) is 0 Å². The third-order valence-electron chi connectivity index (χ3n) is 2.47. The molecule has 4 nitrogen and oxygen atoms in total. The first-order valence-corrected chi connectivity index (χ1v) is 8.40. The van der Waals surface area contributed by atoms with E-state index in [4.69, 9.17) is 0 Å². The van der Waals surface area contributed by atoms with Gasteiger partial charge in [-0.3, -0.25) is 0 Å². The van der Waals surface area contributed by atoms with Crippen molar-refractivity contribution in [3.05, 3.63) is 34.9 Å². The van der Waals surface area contributed by atoms with Crippen molar-refractivity contribution in [2.24, 2.45) is 0 Å². The summed E-state index contributed by atoms with van der Waals surface area (Å²) in [6.07, 6.45) is 0. The Kier molecular flexibility index (Phi) is 5.37. The first kappa shape index (κ1) is 15.3. The Labute approximate surface area is 128 Å². The summed E-state index contributed by atoms with van der Waals surface area (Å²) < 4.78 is 0. The lowest BCUT2D eigenvalue weighted by atomic mass is 10.4. The minimum atomic E-state index is 0.851. The van der Waals surface area contributed by atoms with E-state index in [2.05, 4.69) is 19.9 Å². The number of rotatable bonds is 5. The van der Waals surface area contributed by atoms with Gasteiger partial charge in [-0.15, -0.1) is 0 Å². The van der Waals surface area contributed by atoms with Crippen molar-refractivity contribution in [2.75, 3.05) is 11.5 Å². The Morgan fingerprint density at radius 2 is 0.950 bits per heavy atom. The van der Waals surface area contributed by atoms with Crippen LogP contribution in [0, 0.1) is 27.7 Å². The van der Waals surface area contributed by atoms with Crippen LogP contribution in [-0.4, -0.2) is 31.4 Å². The topological polar surface area (TPSA) is 51.6 Å². The summed E-state index contributed by atoms with van der Waals surface area (Å²) in [5.74, 6) is 1.90. The highest BCUT2D eigenvalue weighted by Crippen LogP contribution is 2.19. The third kappa shape index (κ3) is 4.76. The van der Waals surface area contributed by atoms with Gasteiger partial charge in [-0.05, 0) is 39.8 Å². The van der Waals surface area contributed by atoms with E-state index in [1.807, 2.05) is 39.8 Å². The van der Waals surface area contributed by atoms with Gasteiger partial charge in [0.05, 0.1) is 0 Å². The Balaban J connectivity index is 1.84. The Bertz CT molecular complexity index is 508. The molecule has 2 rings (SSSR count). The average molecular weight is 306 g/mol. The van der Waals surface area contributed by atoms with Gasteiger partial charge in [0.1, 0.15) is 0 Å². The minimum absolute atomic E-state index is 0.851. The van der Waals surface area contributed by atoms with E-state index in [9.17, 15) is 0 Å². The lowest BCUT2D eigenvalue weighted by Crippen LogP contribution is -1.96. The molecule has 0 fully saturated rings. The van der Waals surface area contributed by atoms with Gasteiger partial charge in [0.15, 0.2) is 10.3 Å². The van der Waals surface area contributed by atoms with Crippen molar-refractivity contribution in [3.8, 4) is 0 Å². The van der Waals surface area contributed by atoms with Crippen LogP contribution >= 0.6 is 23.5 Å². The molecule has 6 heteroatoms. The summed E-state index contributed by atoms with van der Waals surface area (Å²) in [6, 6.07) is 3.98. The van der Waals surface area contributed by atoms with Crippen molar-refractivity contribution in [2.45, 2.75) is 38.0 Å². The summed E-state index contributed by atoms with van der Waals surface area (Å²) >= 11 is 3.36. The van der Waals surface area contributed by atoms with Gasteiger partial charge < -0.3 is 0 Å². The van der Waals surface area contributed by atoms with Crippen LogP contribution in [0.3, 0.4) is 0 Å². The Hall–Kier alpha value is -1.14. The number of aromatic nitrogens is 4. The van der Waals surface area contributed by atoms with Gasteiger partial charge in [-0.1, -0.05) is 23.5 Å². The quantitative estimate of drug-likeness (QED) is 0.479. The van der Waals surface area contributed by atoms with Crippen molar-refractivity contribution in [3.63, 3.8) is 0 Å². The number of nitrogens with zero attached hydrogens (tertiary/aromatic N) is 4. The normalized spacial score (nSPS) is 10.8. The summed E-state index contributed by atoms with van der Waals surface area (Å²) in [6.45, 7) is 7.99. The maximum absolute atomic E-state index is 4.42. The molecule has 0 radical (unpaired) electrons. The van der Waals surface area contributed by atoms with E-state index in [0.29, 0.717) is 0 Å². The largest absolute Gasteiger partial charge is 0.228 e. The number of thioether (sulfide) groups is 2. The SMILES string of the molecule is Cc1cc(C)nc(SCCSc2nc(C)cc(C)n2)n1. The summed E-state index contributed by atoms with van der Waals surface area (Å²) in [5, 5.41) is 1.70. The highest BCUT2D eigenvalue weighted by molar-refractivity contribution is 8.02. The molecule has 0 aromatic carbocycles. The fourth-order valence-corrected chi connectivity index (χ4v) is 3.65. The maximum atomic E-state index is 4.42. The fourth-order valence-electron chi connectivity index (χ4n) is 1.78. The number of hydrogen-bond donors (Lipinski definition) is 0. The Morgan fingerprint density at radius 3 is 1.25 bits per heavy atom. The van der Waals surface area contributed by atoms with Crippen LogP contribution in [0.15, 0.2) is 22.4 Å². The van der Waals surface area contributed by atoms with E-state index >= 15 is 0 Å². The molecule has 0 atom stereocenters. The van der Waals surface area contributed by atoms with Gasteiger partial charge in [-0.2, -0.15) is 0 Å². The monoisotopic (exact) mass is 306 g/mol. The van der Waals surface area contributed by atoms with Crippen molar-refractivity contribution in [1.29, 1.82) is 0 Å². The highest BCUT2D eigenvalue weighted by atomic mass is 32.2. The molecule has 2 aromatic rings. The van der Waals surface area contributed by atoms with Crippen molar-refractivity contribution < 1.29 is 0 Å². The average Bonchev–Trinajstić information content (AvgIpc) is 2.32. The molecule has 2 aromatic heterocycles. The lowest BCUT2D eigenvalue weighted by Gasteiger charge is -2.04. The van der Waals surface area contributed by atoms with Gasteiger partial charge >= 0.3 is 0 Å². The molecule has 106 valence electrons. The summed E-state index contributed by atoms with van der Waals surface area (Å²) in [5.41, 5.74) is 4.08. The molecule has 0 saturated carbocycles. The van der Waals surface area contributed by atoms with E-state index < -0.39 is 0 Å². The molecule has 0 spiro atoms. The van der Waals surface area contributed by atoms with E-state index in [-0.39, 0.29) is 0 Å². The number of hydrogen-bond acceptors (Lipinski definition) is 6. The lowest BCUT2D eigenvalue weighted by molar-refractivity contribution is 0.899. The summed E-state index contributed by atoms with van der Waals surface area (Å²) in [4.78, 5) is 17.7. The van der Waals surface area contributed by atoms with Crippen LogP contribution in [-0.2, 0) is 0 Å². The van der Waals surface area contributed by atoms with Gasteiger partial charge in [0.25, 0.3) is 0 Å². The van der Waals surface area contributed by atoms with Gasteiger partial charge in [-0.25, -0.2) is 19.9 Å². The first-order chi connectivity index (χ1) is 9.52. The fraction of sp³-hybridized carbons (Fsp3) is 0.429. The second-order valence-electron chi connectivity index (χ2n) is 4.56. The molecular weight excluding hydrogens is 288 g/mol. The highest BCUT2D eigenvalue weighted by Gasteiger charge is 2.03. The molecular formula is C14H18N4S2. The minimum Gasteiger partial charge on any atom is -0.228 e. The molecule has 0 bridgehead atoms. The van der Waals surface area contributed by atoms with E-state index in [0.717, 1.165) is 44.6 Å². The van der Waals surface area contributed by atoms with Crippen LogP contribution < -0.4 is 0 Å².